The summed E-state index contributed by atoms with van der Waals surface area (Å²) in [6.45, 7) is 7.31. The van der Waals surface area contributed by atoms with Gasteiger partial charge in [0.05, 0.1) is 43.1 Å². The van der Waals surface area contributed by atoms with Crippen LogP contribution in [-0.2, 0) is 10.5 Å². The Kier molecular flexibility index (Phi) is 8.66. The molecule has 0 radical (unpaired) electrons. The van der Waals surface area contributed by atoms with Crippen LogP contribution in [0.4, 0.5) is 4.39 Å². The molecule has 37 heavy (non-hydrogen) atoms. The van der Waals surface area contributed by atoms with Gasteiger partial charge in [-0.2, -0.15) is 10.5 Å². The molecule has 0 bridgehead atoms. The van der Waals surface area contributed by atoms with Gasteiger partial charge in [-0.25, -0.2) is 4.39 Å². The number of ether oxygens (including phenoxy) is 2. The molecule has 2 fully saturated rings. The van der Waals surface area contributed by atoms with Crippen LogP contribution >= 0.6 is 11.8 Å². The first-order valence-electron chi connectivity index (χ1n) is 12.1. The number of halogens is 1. The van der Waals surface area contributed by atoms with Gasteiger partial charge in [0, 0.05) is 28.6 Å². The first-order chi connectivity index (χ1) is 17.9. The molecule has 0 atom stereocenters. The molecule has 0 aliphatic carbocycles. The van der Waals surface area contributed by atoms with E-state index in [2.05, 4.69) is 17.1 Å². The van der Waals surface area contributed by atoms with E-state index in [1.807, 2.05) is 62.1 Å². The van der Waals surface area contributed by atoms with Gasteiger partial charge in [-0.3, -0.25) is 4.98 Å². The summed E-state index contributed by atoms with van der Waals surface area (Å²) in [5, 5.41) is 20.8. The third kappa shape index (κ3) is 6.22. The number of nitrogens with zero attached hydrogens (tertiary/aromatic N) is 4. The van der Waals surface area contributed by atoms with Crippen LogP contribution in [0.25, 0.3) is 5.57 Å². The van der Waals surface area contributed by atoms with Crippen LogP contribution in [0.15, 0.2) is 76.1 Å². The summed E-state index contributed by atoms with van der Waals surface area (Å²) in [5.41, 5.74) is 4.66. The highest BCUT2D eigenvalue weighted by molar-refractivity contribution is 8.02. The molecule has 8 heteroatoms. The Morgan fingerprint density at radius 1 is 1.11 bits per heavy atom. The minimum absolute atomic E-state index is 0.0357. The van der Waals surface area contributed by atoms with Gasteiger partial charge in [-0.15, -0.1) is 11.8 Å². The topological polar surface area (TPSA) is 82.2 Å². The molecule has 0 amide bonds. The van der Waals surface area contributed by atoms with Crippen molar-refractivity contribution in [3.05, 3.63) is 87.2 Å². The van der Waals surface area contributed by atoms with Crippen LogP contribution in [0.3, 0.4) is 0 Å². The molecule has 0 N–H and O–H groups in total. The second kappa shape index (κ2) is 12.1. The SMILES string of the molecule is CC(C)=C(/C(C#N)=C(\C(C#N)=C(/C)SCc1cccnc1)c1ccc(OC2COC2)cc1)N1CC(F)C1. The molecule has 2 saturated heterocycles. The van der Waals surface area contributed by atoms with Gasteiger partial charge < -0.3 is 14.4 Å². The molecule has 1 aromatic carbocycles. The normalized spacial score (nSPS) is 16.9. The zero-order valence-corrected chi connectivity index (χ0v) is 22.0. The molecule has 0 saturated carbocycles. The number of thioether (sulfide) groups is 1. The smallest absolute Gasteiger partial charge is 0.145 e. The monoisotopic (exact) mass is 516 g/mol. The Morgan fingerprint density at radius 2 is 1.81 bits per heavy atom. The first kappa shape index (κ1) is 26.5. The fraction of sp³-hybridized carbons (Fsp3) is 0.345. The molecule has 2 aliphatic heterocycles. The van der Waals surface area contributed by atoms with Crippen molar-refractivity contribution < 1.29 is 13.9 Å². The zero-order valence-electron chi connectivity index (χ0n) is 21.2. The highest BCUT2D eigenvalue weighted by Gasteiger charge is 2.32. The van der Waals surface area contributed by atoms with E-state index in [-0.39, 0.29) is 19.2 Å². The molecule has 190 valence electrons. The van der Waals surface area contributed by atoms with E-state index in [0.717, 1.165) is 21.6 Å². The maximum atomic E-state index is 13.8. The maximum absolute atomic E-state index is 13.8. The molecule has 1 aromatic heterocycles. The number of hydrogen-bond donors (Lipinski definition) is 0. The van der Waals surface area contributed by atoms with E-state index in [1.165, 1.54) is 11.8 Å². The summed E-state index contributed by atoms with van der Waals surface area (Å²) in [6, 6.07) is 16.0. The Hall–Kier alpha value is -3.59. The third-order valence-corrected chi connectivity index (χ3v) is 7.29. The van der Waals surface area contributed by atoms with Crippen molar-refractivity contribution in [1.82, 2.24) is 9.88 Å². The molecular weight excluding hydrogens is 487 g/mol. The molecule has 0 spiro atoms. The molecule has 2 aliphatic rings. The zero-order chi connectivity index (χ0) is 26.4. The Balaban J connectivity index is 1.79. The lowest BCUT2D eigenvalue weighted by Crippen LogP contribution is -2.48. The van der Waals surface area contributed by atoms with Crippen LogP contribution in [-0.4, -0.2) is 48.5 Å². The van der Waals surface area contributed by atoms with Crippen molar-refractivity contribution in [2.75, 3.05) is 26.3 Å². The molecule has 6 nitrogen and oxygen atoms in total. The Morgan fingerprint density at radius 3 is 2.32 bits per heavy atom. The van der Waals surface area contributed by atoms with Crippen molar-refractivity contribution in [1.29, 1.82) is 10.5 Å². The number of alkyl halides is 1. The minimum Gasteiger partial charge on any atom is -0.486 e. The van der Waals surface area contributed by atoms with Crippen molar-refractivity contribution in [2.45, 2.75) is 38.8 Å². The first-order valence-corrected chi connectivity index (χ1v) is 13.1. The predicted octanol–water partition coefficient (Wildman–Crippen LogP) is 5.81. The summed E-state index contributed by atoms with van der Waals surface area (Å²) in [5.74, 6) is 1.34. The molecule has 2 aromatic rings. The third-order valence-electron chi connectivity index (χ3n) is 6.17. The lowest BCUT2D eigenvalue weighted by Gasteiger charge is -2.39. The van der Waals surface area contributed by atoms with E-state index in [4.69, 9.17) is 9.47 Å². The van der Waals surface area contributed by atoms with Crippen LogP contribution in [0.1, 0.15) is 31.9 Å². The Bertz CT molecular complexity index is 1290. The largest absolute Gasteiger partial charge is 0.486 e. The summed E-state index contributed by atoms with van der Waals surface area (Å²) in [6.07, 6.45) is 2.64. The summed E-state index contributed by atoms with van der Waals surface area (Å²) in [7, 11) is 0. The van der Waals surface area contributed by atoms with Crippen molar-refractivity contribution >= 4 is 17.3 Å². The van der Waals surface area contributed by atoms with E-state index >= 15 is 0 Å². The lowest BCUT2D eigenvalue weighted by molar-refractivity contribution is -0.0796. The highest BCUT2D eigenvalue weighted by Crippen LogP contribution is 2.39. The van der Waals surface area contributed by atoms with Gasteiger partial charge in [0.2, 0.25) is 0 Å². The van der Waals surface area contributed by atoms with E-state index in [1.54, 1.807) is 12.4 Å². The average Bonchev–Trinajstić information content (AvgIpc) is 2.86. The van der Waals surface area contributed by atoms with E-state index in [0.29, 0.717) is 47.1 Å². The molecule has 0 unspecified atom stereocenters. The van der Waals surface area contributed by atoms with Gasteiger partial charge >= 0.3 is 0 Å². The van der Waals surface area contributed by atoms with E-state index in [9.17, 15) is 14.9 Å². The lowest BCUT2D eigenvalue weighted by atomic mass is 9.89. The maximum Gasteiger partial charge on any atom is 0.145 e. The second-order valence-electron chi connectivity index (χ2n) is 9.21. The molecule has 3 heterocycles. The molecular formula is C29H29FN4O2S. The van der Waals surface area contributed by atoms with Crippen LogP contribution in [0.5, 0.6) is 5.75 Å². The molecule has 4 rings (SSSR count). The van der Waals surface area contributed by atoms with Crippen LogP contribution in [0.2, 0.25) is 0 Å². The number of pyridine rings is 1. The Labute approximate surface area is 221 Å². The highest BCUT2D eigenvalue weighted by atomic mass is 32.2. The van der Waals surface area contributed by atoms with Crippen molar-refractivity contribution in [2.24, 2.45) is 0 Å². The number of likely N-dealkylation sites (tertiary alicyclic amines) is 1. The summed E-state index contributed by atoms with van der Waals surface area (Å²) < 4.78 is 24.9. The van der Waals surface area contributed by atoms with E-state index < -0.39 is 6.17 Å². The summed E-state index contributed by atoms with van der Waals surface area (Å²) >= 11 is 1.53. The number of benzene rings is 1. The standard InChI is InChI=1S/C29H29FN4O2S/c1-19(2)29(34-14-23(30)15-34)27(12-32)28(22-6-8-24(9-7-22)36-25-16-35-17-25)26(11-31)20(3)37-18-21-5-4-10-33-13-21/h4-10,13,23,25H,14-18H2,1-3H3/b26-20+,28-27-. The van der Waals surface area contributed by atoms with Crippen LogP contribution in [0, 0.1) is 22.7 Å². The van der Waals surface area contributed by atoms with Gasteiger partial charge in [-0.1, -0.05) is 23.8 Å². The number of allylic oxidation sites excluding steroid dienone is 5. The van der Waals surface area contributed by atoms with Crippen LogP contribution < -0.4 is 4.74 Å². The average molecular weight is 517 g/mol. The van der Waals surface area contributed by atoms with Crippen molar-refractivity contribution in [3.63, 3.8) is 0 Å². The number of nitriles is 2. The second-order valence-corrected chi connectivity index (χ2v) is 10.4. The predicted molar refractivity (Wildman–Crippen MR) is 143 cm³/mol. The number of hydrogen-bond acceptors (Lipinski definition) is 7. The quantitative estimate of drug-likeness (QED) is 0.307. The fourth-order valence-corrected chi connectivity index (χ4v) is 5.05. The van der Waals surface area contributed by atoms with Gasteiger partial charge in [-0.05, 0) is 50.1 Å². The van der Waals surface area contributed by atoms with Gasteiger partial charge in [0.15, 0.2) is 0 Å². The number of aromatic nitrogens is 1. The fourth-order valence-electron chi connectivity index (χ4n) is 4.21. The van der Waals surface area contributed by atoms with Gasteiger partial charge in [0.25, 0.3) is 0 Å². The minimum atomic E-state index is -0.924. The number of rotatable bonds is 9. The summed E-state index contributed by atoms with van der Waals surface area (Å²) in [4.78, 5) is 6.83. The van der Waals surface area contributed by atoms with Gasteiger partial charge in [0.1, 0.15) is 30.2 Å². The van der Waals surface area contributed by atoms with Crippen molar-refractivity contribution in [3.8, 4) is 17.9 Å².